The first-order chi connectivity index (χ1) is 9.76. The Labute approximate surface area is 128 Å². The molecule has 1 unspecified atom stereocenters. The van der Waals surface area contributed by atoms with Gasteiger partial charge in [-0.3, -0.25) is 4.79 Å². The van der Waals surface area contributed by atoms with Crippen LogP contribution in [0.1, 0.15) is 42.1 Å². The van der Waals surface area contributed by atoms with Crippen LogP contribution in [-0.4, -0.2) is 39.2 Å². The van der Waals surface area contributed by atoms with E-state index in [9.17, 15) is 14.7 Å². The number of carboxylic acid groups (broad SMARTS) is 1. The van der Waals surface area contributed by atoms with Crippen LogP contribution in [0.2, 0.25) is 0 Å². The Bertz CT molecular complexity index is 547. The van der Waals surface area contributed by atoms with Crippen LogP contribution in [0.5, 0.6) is 0 Å². The van der Waals surface area contributed by atoms with Crippen LogP contribution in [-0.2, 0) is 4.79 Å². The zero-order valence-corrected chi connectivity index (χ0v) is 13.7. The number of nitrogens with one attached hydrogen (secondary N) is 1. The maximum Gasteiger partial charge on any atom is 0.326 e. The van der Waals surface area contributed by atoms with Gasteiger partial charge in [0.15, 0.2) is 0 Å². The van der Waals surface area contributed by atoms with E-state index in [2.05, 4.69) is 15.3 Å². The fourth-order valence-corrected chi connectivity index (χ4v) is 2.68. The average Bonchev–Trinajstić information content (AvgIpc) is 2.35. The Hall–Kier alpha value is -1.63. The summed E-state index contributed by atoms with van der Waals surface area (Å²) < 4.78 is 0. The van der Waals surface area contributed by atoms with Crippen LogP contribution in [0, 0.1) is 19.8 Å². The molecule has 1 atom stereocenters. The largest absolute Gasteiger partial charge is 0.480 e. The highest BCUT2D eigenvalue weighted by atomic mass is 32.2. The Balaban J connectivity index is 3.05. The van der Waals surface area contributed by atoms with Crippen LogP contribution < -0.4 is 5.32 Å². The molecule has 0 aliphatic carbocycles. The van der Waals surface area contributed by atoms with Crippen LogP contribution in [0.3, 0.4) is 0 Å². The molecule has 21 heavy (non-hydrogen) atoms. The molecule has 0 aliphatic rings. The lowest BCUT2D eigenvalue weighted by molar-refractivity contribution is -0.139. The molecular formula is C14H21N3O3S. The third-order valence-electron chi connectivity index (χ3n) is 2.90. The molecule has 1 amide bonds. The SMILES string of the molecule is CSc1nc(C)nc(C)c1C(=O)NC(CC(C)C)C(=O)O. The molecular weight excluding hydrogens is 290 g/mol. The van der Waals surface area contributed by atoms with Gasteiger partial charge >= 0.3 is 5.97 Å². The smallest absolute Gasteiger partial charge is 0.326 e. The van der Waals surface area contributed by atoms with E-state index in [-0.39, 0.29) is 5.92 Å². The molecule has 0 spiro atoms. The number of aliphatic carboxylic acids is 1. The molecule has 0 aliphatic heterocycles. The number of carboxylic acids is 1. The second-order valence-corrected chi connectivity index (χ2v) is 6.03. The molecule has 0 radical (unpaired) electrons. The van der Waals surface area contributed by atoms with Crippen LogP contribution in [0.15, 0.2) is 5.03 Å². The van der Waals surface area contributed by atoms with Crippen molar-refractivity contribution in [2.45, 2.75) is 45.2 Å². The van der Waals surface area contributed by atoms with Crippen molar-refractivity contribution in [3.8, 4) is 0 Å². The minimum absolute atomic E-state index is 0.168. The summed E-state index contributed by atoms with van der Waals surface area (Å²) in [7, 11) is 0. The number of aryl methyl sites for hydroxylation is 2. The molecule has 0 saturated heterocycles. The zero-order chi connectivity index (χ0) is 16.2. The van der Waals surface area contributed by atoms with E-state index in [0.29, 0.717) is 28.5 Å². The summed E-state index contributed by atoms with van der Waals surface area (Å²) in [5.41, 5.74) is 0.904. The lowest BCUT2D eigenvalue weighted by atomic mass is 10.0. The summed E-state index contributed by atoms with van der Waals surface area (Å²) in [6, 6.07) is -0.909. The molecule has 1 aromatic heterocycles. The van der Waals surface area contributed by atoms with E-state index in [1.54, 1.807) is 13.8 Å². The van der Waals surface area contributed by atoms with E-state index in [0.717, 1.165) is 0 Å². The fourth-order valence-electron chi connectivity index (χ4n) is 2.01. The topological polar surface area (TPSA) is 92.2 Å². The van der Waals surface area contributed by atoms with Crippen molar-refractivity contribution in [1.82, 2.24) is 15.3 Å². The number of nitrogens with zero attached hydrogens (tertiary/aromatic N) is 2. The van der Waals surface area contributed by atoms with Gasteiger partial charge in [-0.15, -0.1) is 11.8 Å². The predicted molar refractivity (Wildman–Crippen MR) is 81.6 cm³/mol. The summed E-state index contributed by atoms with van der Waals surface area (Å²) in [5.74, 6) is -0.717. The Kier molecular flexibility index (Phi) is 6.14. The molecule has 2 N–H and O–H groups in total. The van der Waals surface area contributed by atoms with E-state index >= 15 is 0 Å². The third-order valence-corrected chi connectivity index (χ3v) is 3.58. The fraction of sp³-hybridized carbons (Fsp3) is 0.571. The number of aromatic nitrogens is 2. The summed E-state index contributed by atoms with van der Waals surface area (Å²) >= 11 is 1.34. The summed E-state index contributed by atoms with van der Waals surface area (Å²) in [5, 5.41) is 12.3. The van der Waals surface area contributed by atoms with E-state index < -0.39 is 17.9 Å². The highest BCUT2D eigenvalue weighted by molar-refractivity contribution is 7.98. The maximum atomic E-state index is 12.4. The number of amides is 1. The van der Waals surface area contributed by atoms with Crippen molar-refractivity contribution in [2.75, 3.05) is 6.26 Å². The number of hydrogen-bond acceptors (Lipinski definition) is 5. The van der Waals surface area contributed by atoms with Crippen molar-refractivity contribution in [2.24, 2.45) is 5.92 Å². The molecule has 0 saturated carbocycles. The molecule has 0 bridgehead atoms. The number of rotatable bonds is 6. The summed E-state index contributed by atoms with van der Waals surface area (Å²) in [6.45, 7) is 7.31. The molecule has 1 rings (SSSR count). The van der Waals surface area contributed by atoms with E-state index in [1.165, 1.54) is 11.8 Å². The number of hydrogen-bond donors (Lipinski definition) is 2. The second-order valence-electron chi connectivity index (χ2n) is 5.23. The zero-order valence-electron chi connectivity index (χ0n) is 12.9. The van der Waals surface area contributed by atoms with Gasteiger partial charge < -0.3 is 10.4 Å². The Morgan fingerprint density at radius 2 is 1.90 bits per heavy atom. The van der Waals surface area contributed by atoms with Crippen molar-refractivity contribution in [3.05, 3.63) is 17.1 Å². The first-order valence-electron chi connectivity index (χ1n) is 6.69. The van der Waals surface area contributed by atoms with Gasteiger partial charge in [0.25, 0.3) is 5.91 Å². The first kappa shape index (κ1) is 17.4. The number of carbonyl (C=O) groups is 2. The molecule has 7 heteroatoms. The number of carbonyl (C=O) groups excluding carboxylic acids is 1. The van der Waals surface area contributed by atoms with Gasteiger partial charge in [-0.1, -0.05) is 13.8 Å². The van der Waals surface area contributed by atoms with Crippen LogP contribution in [0.4, 0.5) is 0 Å². The number of thioether (sulfide) groups is 1. The molecule has 116 valence electrons. The Morgan fingerprint density at radius 1 is 1.29 bits per heavy atom. The normalized spacial score (nSPS) is 12.3. The van der Waals surface area contributed by atoms with Crippen LogP contribution in [0.25, 0.3) is 0 Å². The lowest BCUT2D eigenvalue weighted by Gasteiger charge is -2.18. The van der Waals surface area contributed by atoms with Gasteiger partial charge in [0.05, 0.1) is 11.3 Å². The van der Waals surface area contributed by atoms with Gasteiger partial charge in [0.1, 0.15) is 16.9 Å². The van der Waals surface area contributed by atoms with Crippen molar-refractivity contribution in [1.29, 1.82) is 0 Å². The highest BCUT2D eigenvalue weighted by Gasteiger charge is 2.25. The van der Waals surface area contributed by atoms with Crippen LogP contribution >= 0.6 is 11.8 Å². The van der Waals surface area contributed by atoms with Gasteiger partial charge in [0, 0.05) is 0 Å². The summed E-state index contributed by atoms with van der Waals surface area (Å²) in [6.07, 6.45) is 2.20. The summed E-state index contributed by atoms with van der Waals surface area (Å²) in [4.78, 5) is 32.0. The quantitative estimate of drug-likeness (QED) is 0.617. The minimum atomic E-state index is -1.03. The maximum absolute atomic E-state index is 12.4. The molecule has 0 aromatic carbocycles. The van der Waals surface area contributed by atoms with Crippen molar-refractivity contribution >= 4 is 23.6 Å². The first-order valence-corrected chi connectivity index (χ1v) is 7.91. The van der Waals surface area contributed by atoms with Gasteiger partial charge in [-0.05, 0) is 32.4 Å². The van der Waals surface area contributed by atoms with Gasteiger partial charge in [0.2, 0.25) is 0 Å². The van der Waals surface area contributed by atoms with Gasteiger partial charge in [-0.2, -0.15) is 0 Å². The third kappa shape index (κ3) is 4.70. The lowest BCUT2D eigenvalue weighted by Crippen LogP contribution is -2.42. The second kappa shape index (κ2) is 7.40. The molecule has 0 fully saturated rings. The standard InChI is InChI=1S/C14H21N3O3S/c1-7(2)6-10(14(19)20)17-12(18)11-8(3)15-9(4)16-13(11)21-5/h7,10H,6H2,1-5H3,(H,17,18)(H,19,20). The average molecular weight is 311 g/mol. The van der Waals surface area contributed by atoms with Crippen molar-refractivity contribution < 1.29 is 14.7 Å². The van der Waals surface area contributed by atoms with Crippen molar-refractivity contribution in [3.63, 3.8) is 0 Å². The van der Waals surface area contributed by atoms with E-state index in [4.69, 9.17) is 0 Å². The monoisotopic (exact) mass is 311 g/mol. The highest BCUT2D eigenvalue weighted by Crippen LogP contribution is 2.20. The van der Waals surface area contributed by atoms with E-state index in [1.807, 2.05) is 20.1 Å². The van der Waals surface area contributed by atoms with Gasteiger partial charge in [-0.25, -0.2) is 14.8 Å². The minimum Gasteiger partial charge on any atom is -0.480 e. The predicted octanol–water partition coefficient (Wildman–Crippen LogP) is 2.04. The Morgan fingerprint density at radius 3 is 2.38 bits per heavy atom. The molecule has 6 nitrogen and oxygen atoms in total. The molecule has 1 heterocycles. The molecule has 1 aromatic rings.